The fourth-order valence-electron chi connectivity index (χ4n) is 1.47. The van der Waals surface area contributed by atoms with Gasteiger partial charge in [0, 0.05) is 35.9 Å². The second kappa shape index (κ2) is 5.77. The normalized spacial score (nSPS) is 10.3. The first-order chi connectivity index (χ1) is 8.65. The van der Waals surface area contributed by atoms with E-state index in [0.29, 0.717) is 18.5 Å². The zero-order valence-corrected chi connectivity index (χ0v) is 11.4. The topological polar surface area (TPSA) is 68.0 Å². The highest BCUT2D eigenvalue weighted by molar-refractivity contribution is 9.10. The van der Waals surface area contributed by atoms with Crippen molar-refractivity contribution in [2.75, 3.05) is 6.54 Å². The molecule has 0 aliphatic rings. The number of carbonyl (C=O) groups is 1. The van der Waals surface area contributed by atoms with Gasteiger partial charge in [0.25, 0.3) is 5.91 Å². The number of nitrogens with one attached hydrogen (secondary N) is 1. The maximum Gasteiger partial charge on any atom is 0.252 e. The van der Waals surface area contributed by atoms with Crippen LogP contribution < -0.4 is 5.32 Å². The van der Waals surface area contributed by atoms with E-state index in [1.165, 1.54) is 6.20 Å². The summed E-state index contributed by atoms with van der Waals surface area (Å²) in [7, 11) is 0. The number of aryl methyl sites for hydroxylation is 1. The van der Waals surface area contributed by atoms with Crippen LogP contribution in [0.1, 0.15) is 21.8 Å². The number of pyridine rings is 1. The SMILES string of the molecule is Cc1cc(CCNC(=O)c2cncc(Br)c2)on1. The summed E-state index contributed by atoms with van der Waals surface area (Å²) >= 11 is 3.27. The van der Waals surface area contributed by atoms with Gasteiger partial charge >= 0.3 is 0 Å². The molecule has 0 radical (unpaired) electrons. The van der Waals surface area contributed by atoms with Crippen molar-refractivity contribution in [3.63, 3.8) is 0 Å². The Morgan fingerprint density at radius 1 is 1.44 bits per heavy atom. The Hall–Kier alpha value is -1.69. The Morgan fingerprint density at radius 3 is 2.94 bits per heavy atom. The molecule has 2 heterocycles. The van der Waals surface area contributed by atoms with Crippen LogP contribution in [-0.4, -0.2) is 22.6 Å². The van der Waals surface area contributed by atoms with Gasteiger partial charge in [-0.2, -0.15) is 0 Å². The molecule has 0 saturated heterocycles. The summed E-state index contributed by atoms with van der Waals surface area (Å²) in [6.07, 6.45) is 3.78. The van der Waals surface area contributed by atoms with E-state index < -0.39 is 0 Å². The van der Waals surface area contributed by atoms with E-state index in [-0.39, 0.29) is 5.91 Å². The zero-order chi connectivity index (χ0) is 13.0. The van der Waals surface area contributed by atoms with Crippen molar-refractivity contribution >= 4 is 21.8 Å². The van der Waals surface area contributed by atoms with Crippen LogP contribution >= 0.6 is 15.9 Å². The first kappa shape index (κ1) is 12.8. The zero-order valence-electron chi connectivity index (χ0n) is 9.81. The van der Waals surface area contributed by atoms with Gasteiger partial charge in [-0.25, -0.2) is 0 Å². The fourth-order valence-corrected chi connectivity index (χ4v) is 1.84. The van der Waals surface area contributed by atoms with Gasteiger partial charge in [-0.15, -0.1) is 0 Å². The minimum absolute atomic E-state index is 0.153. The second-order valence-corrected chi connectivity index (χ2v) is 4.75. The minimum atomic E-state index is -0.153. The lowest BCUT2D eigenvalue weighted by Crippen LogP contribution is -2.25. The number of hydrogen-bond donors (Lipinski definition) is 1. The Labute approximate surface area is 113 Å². The lowest BCUT2D eigenvalue weighted by atomic mass is 10.2. The van der Waals surface area contributed by atoms with Crippen molar-refractivity contribution in [1.29, 1.82) is 0 Å². The van der Waals surface area contributed by atoms with E-state index >= 15 is 0 Å². The predicted octanol–water partition coefficient (Wildman–Crippen LogP) is 2.11. The van der Waals surface area contributed by atoms with Gasteiger partial charge in [-0.05, 0) is 28.9 Å². The standard InChI is InChI=1S/C12H12BrN3O2/c1-8-4-11(18-16-8)2-3-15-12(17)9-5-10(13)7-14-6-9/h4-7H,2-3H2,1H3,(H,15,17). The van der Waals surface area contributed by atoms with E-state index in [1.807, 2.05) is 13.0 Å². The molecule has 2 rings (SSSR count). The monoisotopic (exact) mass is 309 g/mol. The molecule has 0 unspecified atom stereocenters. The number of halogens is 1. The third kappa shape index (κ3) is 3.40. The number of aromatic nitrogens is 2. The van der Waals surface area contributed by atoms with Crippen LogP contribution in [0.25, 0.3) is 0 Å². The molecule has 0 bridgehead atoms. The smallest absolute Gasteiger partial charge is 0.252 e. The van der Waals surface area contributed by atoms with Crippen molar-refractivity contribution in [2.24, 2.45) is 0 Å². The maximum atomic E-state index is 11.8. The molecule has 94 valence electrons. The number of carbonyl (C=O) groups excluding carboxylic acids is 1. The van der Waals surface area contributed by atoms with E-state index in [0.717, 1.165) is 15.9 Å². The molecular formula is C12H12BrN3O2. The highest BCUT2D eigenvalue weighted by Crippen LogP contribution is 2.09. The number of hydrogen-bond acceptors (Lipinski definition) is 4. The second-order valence-electron chi connectivity index (χ2n) is 3.83. The molecule has 0 aliphatic carbocycles. The van der Waals surface area contributed by atoms with E-state index in [2.05, 4.69) is 31.4 Å². The van der Waals surface area contributed by atoms with Gasteiger partial charge in [-0.3, -0.25) is 9.78 Å². The van der Waals surface area contributed by atoms with Gasteiger partial charge in [0.2, 0.25) is 0 Å². The van der Waals surface area contributed by atoms with Crippen LogP contribution in [0.15, 0.2) is 33.5 Å². The summed E-state index contributed by atoms with van der Waals surface area (Å²) in [5.74, 6) is 0.611. The van der Waals surface area contributed by atoms with Gasteiger partial charge in [0.05, 0.1) is 11.3 Å². The minimum Gasteiger partial charge on any atom is -0.361 e. The van der Waals surface area contributed by atoms with Crippen molar-refractivity contribution in [3.05, 3.63) is 46.0 Å². The summed E-state index contributed by atoms with van der Waals surface area (Å²) < 4.78 is 5.83. The van der Waals surface area contributed by atoms with Crippen molar-refractivity contribution < 1.29 is 9.32 Å². The van der Waals surface area contributed by atoms with Crippen LogP contribution in [0, 0.1) is 6.92 Å². The van der Waals surface area contributed by atoms with Crippen molar-refractivity contribution in [3.8, 4) is 0 Å². The molecule has 2 aromatic heterocycles. The van der Waals surface area contributed by atoms with E-state index in [4.69, 9.17) is 4.52 Å². The molecular weight excluding hydrogens is 298 g/mol. The Kier molecular flexibility index (Phi) is 4.09. The molecule has 0 spiro atoms. The lowest BCUT2D eigenvalue weighted by molar-refractivity contribution is 0.0953. The van der Waals surface area contributed by atoms with Crippen LogP contribution in [0.4, 0.5) is 0 Å². The highest BCUT2D eigenvalue weighted by Gasteiger charge is 2.07. The van der Waals surface area contributed by atoms with Crippen molar-refractivity contribution in [1.82, 2.24) is 15.5 Å². The summed E-state index contributed by atoms with van der Waals surface area (Å²) in [5, 5.41) is 6.58. The lowest BCUT2D eigenvalue weighted by Gasteiger charge is -2.03. The molecule has 1 amide bonds. The first-order valence-corrected chi connectivity index (χ1v) is 6.25. The molecule has 2 aromatic rings. The number of amides is 1. The summed E-state index contributed by atoms with van der Waals surface area (Å²) in [5.41, 5.74) is 1.37. The predicted molar refractivity (Wildman–Crippen MR) is 69.2 cm³/mol. The molecule has 1 N–H and O–H groups in total. The molecule has 5 nitrogen and oxygen atoms in total. The van der Waals surface area contributed by atoms with Crippen LogP contribution in [-0.2, 0) is 6.42 Å². The molecule has 6 heteroatoms. The largest absolute Gasteiger partial charge is 0.361 e. The molecule has 0 aliphatic heterocycles. The van der Waals surface area contributed by atoms with Gasteiger partial charge in [-0.1, -0.05) is 5.16 Å². The van der Waals surface area contributed by atoms with Crippen LogP contribution in [0.2, 0.25) is 0 Å². The molecule has 18 heavy (non-hydrogen) atoms. The molecule has 0 atom stereocenters. The Morgan fingerprint density at radius 2 is 2.28 bits per heavy atom. The van der Waals surface area contributed by atoms with Gasteiger partial charge < -0.3 is 9.84 Å². The Bertz CT molecular complexity index is 554. The first-order valence-electron chi connectivity index (χ1n) is 5.46. The summed E-state index contributed by atoms with van der Waals surface area (Å²) in [6.45, 7) is 2.36. The third-order valence-electron chi connectivity index (χ3n) is 2.30. The summed E-state index contributed by atoms with van der Waals surface area (Å²) in [4.78, 5) is 15.7. The van der Waals surface area contributed by atoms with Crippen molar-refractivity contribution in [2.45, 2.75) is 13.3 Å². The quantitative estimate of drug-likeness (QED) is 0.939. The highest BCUT2D eigenvalue weighted by atomic mass is 79.9. The average Bonchev–Trinajstić information content (AvgIpc) is 2.75. The van der Waals surface area contributed by atoms with E-state index in [1.54, 1.807) is 12.3 Å². The fraction of sp³-hybridized carbons (Fsp3) is 0.250. The average molecular weight is 310 g/mol. The molecule has 0 saturated carbocycles. The van der Waals surface area contributed by atoms with E-state index in [9.17, 15) is 4.79 Å². The molecule has 0 fully saturated rings. The van der Waals surface area contributed by atoms with Crippen LogP contribution in [0.5, 0.6) is 0 Å². The number of nitrogens with zero attached hydrogens (tertiary/aromatic N) is 2. The van der Waals surface area contributed by atoms with Gasteiger partial charge in [0.15, 0.2) is 0 Å². The third-order valence-corrected chi connectivity index (χ3v) is 2.73. The maximum absolute atomic E-state index is 11.8. The summed E-state index contributed by atoms with van der Waals surface area (Å²) in [6, 6.07) is 3.58. The van der Waals surface area contributed by atoms with Crippen LogP contribution in [0.3, 0.4) is 0 Å². The van der Waals surface area contributed by atoms with Gasteiger partial charge in [0.1, 0.15) is 5.76 Å². The Balaban J connectivity index is 1.85. The number of rotatable bonds is 4. The molecule has 0 aromatic carbocycles.